The van der Waals surface area contributed by atoms with Gasteiger partial charge in [0.1, 0.15) is 0 Å². The first-order valence-corrected chi connectivity index (χ1v) is 4.46. The number of hydrogen-bond donors (Lipinski definition) is 1. The summed E-state index contributed by atoms with van der Waals surface area (Å²) in [6, 6.07) is 10.4. The smallest absolute Gasteiger partial charge is 0.00277 e. The molecule has 0 heterocycles. The zero-order valence-electron chi connectivity index (χ0n) is 7.90. The Labute approximate surface area is 79.8 Å². The molecule has 0 amide bonds. The van der Waals surface area contributed by atoms with Gasteiger partial charge in [-0.25, -0.2) is 0 Å². The molecule has 0 saturated heterocycles. The number of hydrogen-bond acceptors (Lipinski definition) is 1. The third-order valence-electron chi connectivity index (χ3n) is 1.71. The summed E-state index contributed by atoms with van der Waals surface area (Å²) in [6.45, 7) is 0. The fourth-order valence-corrected chi connectivity index (χ4v) is 1.05. The fourth-order valence-electron chi connectivity index (χ4n) is 1.05. The van der Waals surface area contributed by atoms with Crippen LogP contribution in [0.5, 0.6) is 0 Å². The second-order valence-corrected chi connectivity index (χ2v) is 2.77. The number of allylic oxidation sites excluding steroid dienone is 3. The molecule has 13 heavy (non-hydrogen) atoms. The van der Waals surface area contributed by atoms with E-state index in [1.54, 1.807) is 0 Å². The van der Waals surface area contributed by atoms with E-state index in [1.165, 1.54) is 5.56 Å². The van der Waals surface area contributed by atoms with E-state index in [-0.39, 0.29) is 0 Å². The molecule has 1 rings (SSSR count). The molecular formula is C12H15N. The van der Waals surface area contributed by atoms with Crippen LogP contribution in [0.2, 0.25) is 0 Å². The zero-order chi connectivity index (χ0) is 9.36. The molecule has 1 nitrogen and oxygen atoms in total. The average molecular weight is 173 g/mol. The van der Waals surface area contributed by atoms with Gasteiger partial charge in [-0.2, -0.15) is 0 Å². The molecule has 0 aliphatic heterocycles. The molecule has 1 N–H and O–H groups in total. The topological polar surface area (TPSA) is 12.0 Å². The van der Waals surface area contributed by atoms with Gasteiger partial charge < -0.3 is 5.32 Å². The molecule has 0 radical (unpaired) electrons. The van der Waals surface area contributed by atoms with Crippen molar-refractivity contribution >= 4 is 0 Å². The van der Waals surface area contributed by atoms with E-state index in [4.69, 9.17) is 0 Å². The maximum absolute atomic E-state index is 2.93. The van der Waals surface area contributed by atoms with E-state index in [2.05, 4.69) is 35.7 Å². The van der Waals surface area contributed by atoms with Crippen LogP contribution in [0.3, 0.4) is 0 Å². The van der Waals surface area contributed by atoms with E-state index in [9.17, 15) is 0 Å². The maximum Gasteiger partial charge on any atom is 0.00277 e. The molecule has 0 atom stereocenters. The van der Waals surface area contributed by atoms with E-state index < -0.39 is 0 Å². The first-order valence-electron chi connectivity index (χ1n) is 4.46. The summed E-state index contributed by atoms with van der Waals surface area (Å²) in [5.74, 6) is 0. The van der Waals surface area contributed by atoms with Crippen molar-refractivity contribution in [1.29, 1.82) is 0 Å². The Bertz CT molecular complexity index is 272. The number of nitrogens with one attached hydrogen (secondary N) is 1. The zero-order valence-corrected chi connectivity index (χ0v) is 7.90. The van der Waals surface area contributed by atoms with Crippen molar-refractivity contribution in [3.05, 3.63) is 60.3 Å². The van der Waals surface area contributed by atoms with Crippen LogP contribution in [-0.4, -0.2) is 7.05 Å². The highest BCUT2D eigenvalue weighted by molar-refractivity contribution is 5.18. The van der Waals surface area contributed by atoms with Gasteiger partial charge in [0, 0.05) is 7.05 Å². The molecule has 0 saturated carbocycles. The lowest BCUT2D eigenvalue weighted by atomic mass is 10.1. The highest BCUT2D eigenvalue weighted by Gasteiger charge is 1.83. The monoisotopic (exact) mass is 173 g/mol. The molecule has 1 aromatic carbocycles. The SMILES string of the molecule is CN/C=C\C=C/Cc1ccccc1. The van der Waals surface area contributed by atoms with Gasteiger partial charge in [0.25, 0.3) is 0 Å². The first kappa shape index (κ1) is 9.59. The summed E-state index contributed by atoms with van der Waals surface area (Å²) in [6.07, 6.45) is 9.08. The summed E-state index contributed by atoms with van der Waals surface area (Å²) in [5, 5.41) is 2.93. The minimum Gasteiger partial charge on any atom is -0.394 e. The van der Waals surface area contributed by atoms with Crippen molar-refractivity contribution < 1.29 is 0 Å². The predicted octanol–water partition coefficient (Wildman–Crippen LogP) is 2.52. The molecule has 0 spiro atoms. The van der Waals surface area contributed by atoms with Crippen molar-refractivity contribution in [1.82, 2.24) is 5.32 Å². The lowest BCUT2D eigenvalue weighted by Crippen LogP contribution is -1.89. The minimum absolute atomic E-state index is 0.995. The summed E-state index contributed by atoms with van der Waals surface area (Å²) in [4.78, 5) is 0. The van der Waals surface area contributed by atoms with Crippen LogP contribution >= 0.6 is 0 Å². The normalized spacial score (nSPS) is 11.2. The Morgan fingerprint density at radius 2 is 1.92 bits per heavy atom. The van der Waals surface area contributed by atoms with Crippen molar-refractivity contribution in [2.45, 2.75) is 6.42 Å². The van der Waals surface area contributed by atoms with E-state index in [0.29, 0.717) is 0 Å². The van der Waals surface area contributed by atoms with Gasteiger partial charge in [0.05, 0.1) is 0 Å². The van der Waals surface area contributed by atoms with Crippen LogP contribution in [0.15, 0.2) is 54.8 Å². The highest BCUT2D eigenvalue weighted by atomic mass is 14.8. The van der Waals surface area contributed by atoms with E-state index in [1.807, 2.05) is 31.5 Å². The quantitative estimate of drug-likeness (QED) is 0.690. The Balaban J connectivity index is 2.35. The van der Waals surface area contributed by atoms with Crippen molar-refractivity contribution in [3.8, 4) is 0 Å². The minimum atomic E-state index is 0.995. The standard InChI is InChI=1S/C12H15N/c1-13-11-7-3-6-10-12-8-4-2-5-9-12/h2-9,11,13H,10H2,1H3/b6-3-,11-7-. The van der Waals surface area contributed by atoms with Gasteiger partial charge in [-0.15, -0.1) is 0 Å². The van der Waals surface area contributed by atoms with Gasteiger partial charge in [-0.1, -0.05) is 42.5 Å². The third kappa shape index (κ3) is 4.16. The summed E-state index contributed by atoms with van der Waals surface area (Å²) < 4.78 is 0. The Morgan fingerprint density at radius 1 is 1.15 bits per heavy atom. The molecule has 0 unspecified atom stereocenters. The lowest BCUT2D eigenvalue weighted by Gasteiger charge is -1.92. The van der Waals surface area contributed by atoms with Gasteiger partial charge >= 0.3 is 0 Å². The van der Waals surface area contributed by atoms with Crippen LogP contribution in [-0.2, 0) is 6.42 Å². The summed E-state index contributed by atoms with van der Waals surface area (Å²) >= 11 is 0. The Kier molecular flexibility index (Phi) is 4.47. The predicted molar refractivity (Wildman–Crippen MR) is 57.5 cm³/mol. The molecule has 0 aliphatic carbocycles. The molecule has 0 fully saturated rings. The largest absolute Gasteiger partial charge is 0.394 e. The average Bonchev–Trinajstić information content (AvgIpc) is 2.19. The maximum atomic E-state index is 2.93. The van der Waals surface area contributed by atoms with Crippen LogP contribution in [0, 0.1) is 0 Å². The van der Waals surface area contributed by atoms with E-state index >= 15 is 0 Å². The fraction of sp³-hybridized carbons (Fsp3) is 0.167. The van der Waals surface area contributed by atoms with Crippen molar-refractivity contribution in [2.75, 3.05) is 7.05 Å². The van der Waals surface area contributed by atoms with Gasteiger partial charge in [0.15, 0.2) is 0 Å². The lowest BCUT2D eigenvalue weighted by molar-refractivity contribution is 1.10. The summed E-state index contributed by atoms with van der Waals surface area (Å²) in [7, 11) is 1.89. The molecule has 0 bridgehead atoms. The van der Waals surface area contributed by atoms with Crippen molar-refractivity contribution in [3.63, 3.8) is 0 Å². The number of benzene rings is 1. The van der Waals surface area contributed by atoms with Gasteiger partial charge in [-0.05, 0) is 24.3 Å². The van der Waals surface area contributed by atoms with Crippen LogP contribution in [0.1, 0.15) is 5.56 Å². The highest BCUT2D eigenvalue weighted by Crippen LogP contribution is 1.99. The first-order chi connectivity index (χ1) is 6.43. The van der Waals surface area contributed by atoms with Gasteiger partial charge in [-0.3, -0.25) is 0 Å². The number of rotatable bonds is 4. The molecule has 1 heteroatoms. The molecular weight excluding hydrogens is 158 g/mol. The van der Waals surface area contributed by atoms with E-state index in [0.717, 1.165) is 6.42 Å². The molecule has 1 aromatic rings. The van der Waals surface area contributed by atoms with Crippen LogP contribution in [0.4, 0.5) is 0 Å². The summed E-state index contributed by atoms with van der Waals surface area (Å²) in [5.41, 5.74) is 1.34. The van der Waals surface area contributed by atoms with Crippen molar-refractivity contribution in [2.24, 2.45) is 0 Å². The molecule has 68 valence electrons. The Morgan fingerprint density at radius 3 is 2.62 bits per heavy atom. The second kappa shape index (κ2) is 6.06. The second-order valence-electron chi connectivity index (χ2n) is 2.77. The van der Waals surface area contributed by atoms with Gasteiger partial charge in [0.2, 0.25) is 0 Å². The third-order valence-corrected chi connectivity index (χ3v) is 1.71. The van der Waals surface area contributed by atoms with Crippen LogP contribution in [0.25, 0.3) is 0 Å². The molecule has 0 aromatic heterocycles. The molecule has 0 aliphatic rings. The Hall–Kier alpha value is -1.50. The van der Waals surface area contributed by atoms with Crippen LogP contribution < -0.4 is 5.32 Å².